The van der Waals surface area contributed by atoms with E-state index < -0.39 is 0 Å². The average Bonchev–Trinajstić information content (AvgIpc) is 2.64. The van der Waals surface area contributed by atoms with Crippen molar-refractivity contribution >= 4 is 40.5 Å². The van der Waals surface area contributed by atoms with E-state index in [1.165, 1.54) is 0 Å². The number of carbonyl (C=O) groups excluding carboxylic acids is 1. The number of carbonyl (C=O) groups is 1. The Bertz CT molecular complexity index is 865. The molecular formula is C19H15Cl2N3O. The van der Waals surface area contributed by atoms with Gasteiger partial charge in [-0.1, -0.05) is 59.6 Å². The average molecular weight is 372 g/mol. The summed E-state index contributed by atoms with van der Waals surface area (Å²) in [6, 6.07) is 18.3. The fraction of sp³-hybridized carbons (Fsp3) is 0.0526. The third-order valence-electron chi connectivity index (χ3n) is 3.52. The molecule has 6 heteroatoms. The molecule has 0 unspecified atom stereocenters. The maximum atomic E-state index is 12.3. The van der Waals surface area contributed by atoms with Gasteiger partial charge in [0, 0.05) is 18.4 Å². The first-order valence-corrected chi connectivity index (χ1v) is 8.38. The summed E-state index contributed by atoms with van der Waals surface area (Å²) < 4.78 is 0. The summed E-state index contributed by atoms with van der Waals surface area (Å²) in [4.78, 5) is 16.4. The molecule has 2 N–H and O–H groups in total. The first-order valence-electron chi connectivity index (χ1n) is 7.63. The van der Waals surface area contributed by atoms with Gasteiger partial charge in [-0.05, 0) is 29.8 Å². The van der Waals surface area contributed by atoms with Crippen LogP contribution in [-0.2, 0) is 6.54 Å². The second-order valence-electron chi connectivity index (χ2n) is 5.32. The molecule has 0 aliphatic rings. The molecule has 25 heavy (non-hydrogen) atoms. The van der Waals surface area contributed by atoms with E-state index in [4.69, 9.17) is 23.2 Å². The van der Waals surface area contributed by atoms with Gasteiger partial charge in [-0.25, -0.2) is 0 Å². The Morgan fingerprint density at radius 1 is 0.960 bits per heavy atom. The van der Waals surface area contributed by atoms with Crippen LogP contribution in [0.2, 0.25) is 10.0 Å². The molecule has 2 aromatic carbocycles. The minimum Gasteiger partial charge on any atom is -0.353 e. The summed E-state index contributed by atoms with van der Waals surface area (Å²) in [7, 11) is 0. The molecule has 0 fully saturated rings. The Kier molecular flexibility index (Phi) is 5.53. The highest BCUT2D eigenvalue weighted by atomic mass is 35.5. The fourth-order valence-corrected chi connectivity index (χ4v) is 2.75. The number of hydrogen-bond donors (Lipinski definition) is 2. The molecule has 3 aromatic rings. The maximum absolute atomic E-state index is 12.3. The Balaban J connectivity index is 1.72. The Hall–Kier alpha value is -2.56. The van der Waals surface area contributed by atoms with Crippen molar-refractivity contribution in [1.82, 2.24) is 10.3 Å². The van der Waals surface area contributed by atoms with Crippen LogP contribution in [0, 0.1) is 0 Å². The van der Waals surface area contributed by atoms with Crippen LogP contribution < -0.4 is 10.6 Å². The Labute approximate surface area is 155 Å². The normalized spacial score (nSPS) is 10.3. The van der Waals surface area contributed by atoms with E-state index in [0.29, 0.717) is 33.7 Å². The molecule has 0 atom stereocenters. The number of amides is 1. The summed E-state index contributed by atoms with van der Waals surface area (Å²) in [5, 5.41) is 6.97. The van der Waals surface area contributed by atoms with E-state index in [1.807, 2.05) is 30.3 Å². The lowest BCUT2D eigenvalue weighted by Gasteiger charge is -2.11. The predicted molar refractivity (Wildman–Crippen MR) is 102 cm³/mol. The highest BCUT2D eigenvalue weighted by molar-refractivity contribution is 6.39. The molecule has 4 nitrogen and oxygen atoms in total. The number of nitrogens with one attached hydrogen (secondary N) is 2. The van der Waals surface area contributed by atoms with E-state index in [9.17, 15) is 4.79 Å². The number of aromatic nitrogens is 1. The van der Waals surface area contributed by atoms with Crippen LogP contribution in [0.15, 0.2) is 66.9 Å². The zero-order chi connectivity index (χ0) is 17.6. The van der Waals surface area contributed by atoms with Crippen molar-refractivity contribution in [3.05, 3.63) is 88.2 Å². The van der Waals surface area contributed by atoms with Crippen LogP contribution >= 0.6 is 23.2 Å². The topological polar surface area (TPSA) is 54.0 Å². The molecule has 126 valence electrons. The van der Waals surface area contributed by atoms with Gasteiger partial charge in [0.2, 0.25) is 0 Å². The lowest BCUT2D eigenvalue weighted by atomic mass is 10.2. The van der Waals surface area contributed by atoms with Crippen LogP contribution in [0.4, 0.5) is 11.4 Å². The van der Waals surface area contributed by atoms with Gasteiger partial charge in [0.05, 0.1) is 15.7 Å². The van der Waals surface area contributed by atoms with E-state index in [-0.39, 0.29) is 5.91 Å². The number of benzene rings is 2. The molecule has 1 heterocycles. The van der Waals surface area contributed by atoms with Gasteiger partial charge in [-0.3, -0.25) is 9.78 Å². The van der Waals surface area contributed by atoms with Crippen molar-refractivity contribution < 1.29 is 4.79 Å². The number of halogens is 2. The number of hydrogen-bond acceptors (Lipinski definition) is 3. The first kappa shape index (κ1) is 17.3. The molecule has 0 saturated heterocycles. The third kappa shape index (κ3) is 4.50. The van der Waals surface area contributed by atoms with Gasteiger partial charge >= 0.3 is 0 Å². The second-order valence-corrected chi connectivity index (χ2v) is 6.13. The second kappa shape index (κ2) is 8.01. The quantitative estimate of drug-likeness (QED) is 0.658. The van der Waals surface area contributed by atoms with E-state index in [1.54, 1.807) is 36.5 Å². The van der Waals surface area contributed by atoms with Gasteiger partial charge in [0.15, 0.2) is 0 Å². The van der Waals surface area contributed by atoms with Crippen molar-refractivity contribution in [2.45, 2.75) is 6.54 Å². The fourth-order valence-electron chi connectivity index (χ4n) is 2.26. The zero-order valence-electron chi connectivity index (χ0n) is 13.2. The van der Waals surface area contributed by atoms with Crippen molar-refractivity contribution in [2.24, 2.45) is 0 Å². The summed E-state index contributed by atoms with van der Waals surface area (Å²) in [5.41, 5.74) is 2.60. The van der Waals surface area contributed by atoms with Crippen molar-refractivity contribution in [2.75, 3.05) is 5.32 Å². The molecule has 0 spiro atoms. The monoisotopic (exact) mass is 371 g/mol. The summed E-state index contributed by atoms with van der Waals surface area (Å²) in [6.45, 7) is 0.440. The van der Waals surface area contributed by atoms with Gasteiger partial charge in [0.25, 0.3) is 5.91 Å². The van der Waals surface area contributed by atoms with Gasteiger partial charge in [0.1, 0.15) is 5.69 Å². The predicted octanol–water partition coefficient (Wildman–Crippen LogP) is 5.06. The minimum absolute atomic E-state index is 0.252. The van der Waals surface area contributed by atoms with Gasteiger partial charge in [-0.2, -0.15) is 0 Å². The van der Waals surface area contributed by atoms with E-state index in [0.717, 1.165) is 5.56 Å². The SMILES string of the molecule is O=C(NCc1ccccc1)c1cc(Nc2c(Cl)cccc2Cl)ccn1. The lowest BCUT2D eigenvalue weighted by Crippen LogP contribution is -2.23. The van der Waals surface area contributed by atoms with Crippen LogP contribution in [0.25, 0.3) is 0 Å². The molecule has 0 aliphatic carbocycles. The molecule has 0 aliphatic heterocycles. The molecule has 0 radical (unpaired) electrons. The van der Waals surface area contributed by atoms with Crippen LogP contribution in [0.1, 0.15) is 16.1 Å². The van der Waals surface area contributed by atoms with Gasteiger partial charge in [-0.15, -0.1) is 0 Å². The summed E-state index contributed by atoms with van der Waals surface area (Å²) in [5.74, 6) is -0.252. The van der Waals surface area contributed by atoms with E-state index >= 15 is 0 Å². The molecule has 0 bridgehead atoms. The number of nitrogens with zero attached hydrogens (tertiary/aromatic N) is 1. The van der Waals surface area contributed by atoms with Crippen LogP contribution in [-0.4, -0.2) is 10.9 Å². The van der Waals surface area contributed by atoms with Crippen LogP contribution in [0.5, 0.6) is 0 Å². The minimum atomic E-state index is -0.252. The molecule has 1 amide bonds. The smallest absolute Gasteiger partial charge is 0.270 e. The first-order chi connectivity index (χ1) is 12.1. The zero-order valence-corrected chi connectivity index (χ0v) is 14.7. The number of anilines is 2. The number of pyridine rings is 1. The van der Waals surface area contributed by atoms with Crippen LogP contribution in [0.3, 0.4) is 0 Å². The van der Waals surface area contributed by atoms with Crippen molar-refractivity contribution in [3.63, 3.8) is 0 Å². The van der Waals surface area contributed by atoms with Crippen molar-refractivity contribution in [3.8, 4) is 0 Å². The Morgan fingerprint density at radius 2 is 1.68 bits per heavy atom. The lowest BCUT2D eigenvalue weighted by molar-refractivity contribution is 0.0946. The summed E-state index contributed by atoms with van der Waals surface area (Å²) in [6.07, 6.45) is 1.56. The third-order valence-corrected chi connectivity index (χ3v) is 4.15. The van der Waals surface area contributed by atoms with Gasteiger partial charge < -0.3 is 10.6 Å². The standard InChI is InChI=1S/C19H15Cl2N3O/c20-15-7-4-8-16(21)18(15)24-14-9-10-22-17(11-14)19(25)23-12-13-5-2-1-3-6-13/h1-11H,12H2,(H,22,24)(H,23,25). The summed E-state index contributed by atoms with van der Waals surface area (Å²) >= 11 is 12.3. The number of para-hydroxylation sites is 1. The largest absolute Gasteiger partial charge is 0.353 e. The molecular weight excluding hydrogens is 357 g/mol. The van der Waals surface area contributed by atoms with E-state index in [2.05, 4.69) is 15.6 Å². The molecule has 0 saturated carbocycles. The highest BCUT2D eigenvalue weighted by Gasteiger charge is 2.10. The van der Waals surface area contributed by atoms with Crippen molar-refractivity contribution in [1.29, 1.82) is 0 Å². The molecule has 3 rings (SSSR count). The maximum Gasteiger partial charge on any atom is 0.270 e. The number of rotatable bonds is 5. The Morgan fingerprint density at radius 3 is 2.40 bits per heavy atom. The highest BCUT2D eigenvalue weighted by Crippen LogP contribution is 2.32. The molecule has 1 aromatic heterocycles.